The summed E-state index contributed by atoms with van der Waals surface area (Å²) in [5.74, 6) is -0.805. The Kier molecular flexibility index (Phi) is 11.4. The third-order valence-corrected chi connectivity index (χ3v) is 9.28. The number of carbonyl (C=O) groups excluding carboxylic acids is 2. The van der Waals surface area contributed by atoms with Gasteiger partial charge in [-0.05, 0) is 74.4 Å². The number of carbonyl (C=O) groups is 2. The molecule has 46 heavy (non-hydrogen) atoms. The Balaban J connectivity index is 1.86. The molecule has 0 aliphatic carbocycles. The summed E-state index contributed by atoms with van der Waals surface area (Å²) in [5, 5.41) is 3.72. The van der Waals surface area contributed by atoms with Crippen molar-refractivity contribution in [3.8, 4) is 5.75 Å². The van der Waals surface area contributed by atoms with Crippen molar-refractivity contribution in [3.05, 3.63) is 124 Å². The molecule has 0 heterocycles. The molecule has 1 N–H and O–H groups in total. The Morgan fingerprint density at radius 3 is 2.04 bits per heavy atom. The van der Waals surface area contributed by atoms with E-state index < -0.39 is 34.1 Å². The molecule has 2 amide bonds. The lowest BCUT2D eigenvalue weighted by Crippen LogP contribution is -2.56. The molecule has 0 aliphatic rings. The molecule has 0 radical (unpaired) electrons. The van der Waals surface area contributed by atoms with Crippen molar-refractivity contribution < 1.29 is 22.7 Å². The normalized spacial score (nSPS) is 12.2. The minimum Gasteiger partial charge on any atom is -0.495 e. The standard InChI is InChI=1S/C35H37Cl2N3O5S/c1-35(2,3)38-34(42)31(21-25-12-7-5-8-13-25)39(23-26-14-11-15-27(36)20-26)33(41)24-40(30-22-28(37)18-19-32(30)45-4)46(43,44)29-16-9-6-10-17-29/h5-20,22,31H,21,23-24H2,1-4H3,(H,38,42)/t31-/m1/s1. The number of rotatable bonds is 12. The molecule has 0 aliphatic heterocycles. The smallest absolute Gasteiger partial charge is 0.264 e. The number of methoxy groups -OCH3 is 1. The van der Waals surface area contributed by atoms with Crippen molar-refractivity contribution in [2.45, 2.75) is 50.2 Å². The highest BCUT2D eigenvalue weighted by molar-refractivity contribution is 7.92. The van der Waals surface area contributed by atoms with Crippen molar-refractivity contribution in [3.63, 3.8) is 0 Å². The zero-order valence-corrected chi connectivity index (χ0v) is 28.4. The summed E-state index contributed by atoms with van der Waals surface area (Å²) in [6, 6.07) is 27.6. The Hall–Kier alpha value is -4.05. The van der Waals surface area contributed by atoms with Crippen molar-refractivity contribution in [2.75, 3.05) is 18.0 Å². The lowest BCUT2D eigenvalue weighted by molar-refractivity contribution is -0.140. The van der Waals surface area contributed by atoms with E-state index in [1.54, 1.807) is 48.5 Å². The summed E-state index contributed by atoms with van der Waals surface area (Å²) < 4.78 is 34.9. The number of halogens is 2. The van der Waals surface area contributed by atoms with Crippen LogP contribution in [0.3, 0.4) is 0 Å². The maximum absolute atomic E-state index is 14.6. The van der Waals surface area contributed by atoms with Gasteiger partial charge in [0.2, 0.25) is 11.8 Å². The number of hydrogen-bond acceptors (Lipinski definition) is 5. The van der Waals surface area contributed by atoms with E-state index in [1.807, 2.05) is 51.1 Å². The first kappa shape index (κ1) is 34.8. The molecule has 11 heteroatoms. The molecule has 0 unspecified atom stereocenters. The zero-order valence-electron chi connectivity index (χ0n) is 26.1. The molecular formula is C35H37Cl2N3O5S. The van der Waals surface area contributed by atoms with E-state index in [-0.39, 0.29) is 40.2 Å². The average Bonchev–Trinajstić information content (AvgIpc) is 3.01. The maximum Gasteiger partial charge on any atom is 0.264 e. The first-order valence-corrected chi connectivity index (χ1v) is 16.8. The molecule has 4 aromatic rings. The van der Waals surface area contributed by atoms with Gasteiger partial charge in [-0.3, -0.25) is 13.9 Å². The second kappa shape index (κ2) is 15.0. The molecule has 1 atom stereocenters. The summed E-state index contributed by atoms with van der Waals surface area (Å²) in [5.41, 5.74) is 0.966. The van der Waals surface area contributed by atoms with Gasteiger partial charge in [-0.15, -0.1) is 0 Å². The molecule has 0 aromatic heterocycles. The molecule has 0 bridgehead atoms. The van der Waals surface area contributed by atoms with Gasteiger partial charge >= 0.3 is 0 Å². The Morgan fingerprint density at radius 1 is 0.826 bits per heavy atom. The lowest BCUT2D eigenvalue weighted by Gasteiger charge is -2.35. The largest absolute Gasteiger partial charge is 0.495 e. The van der Waals surface area contributed by atoms with Crippen LogP contribution in [0.25, 0.3) is 0 Å². The van der Waals surface area contributed by atoms with Gasteiger partial charge in [0.25, 0.3) is 10.0 Å². The molecule has 0 saturated carbocycles. The number of nitrogens with one attached hydrogen (secondary N) is 1. The fraction of sp³-hybridized carbons (Fsp3) is 0.257. The lowest BCUT2D eigenvalue weighted by atomic mass is 10.0. The van der Waals surface area contributed by atoms with Crippen molar-refractivity contribution >= 4 is 50.7 Å². The van der Waals surface area contributed by atoms with Crippen LogP contribution >= 0.6 is 23.2 Å². The van der Waals surface area contributed by atoms with E-state index >= 15 is 0 Å². The second-order valence-corrected chi connectivity index (χ2v) is 14.5. The molecule has 4 aromatic carbocycles. The number of ether oxygens (including phenoxy) is 1. The number of nitrogens with zero attached hydrogens (tertiary/aromatic N) is 2. The Bertz CT molecular complexity index is 1760. The predicted molar refractivity (Wildman–Crippen MR) is 183 cm³/mol. The van der Waals surface area contributed by atoms with Crippen LogP contribution < -0.4 is 14.4 Å². The molecule has 0 saturated heterocycles. The molecule has 8 nitrogen and oxygen atoms in total. The highest BCUT2D eigenvalue weighted by Crippen LogP contribution is 2.35. The van der Waals surface area contributed by atoms with E-state index in [9.17, 15) is 18.0 Å². The molecule has 4 rings (SSSR count). The monoisotopic (exact) mass is 681 g/mol. The number of benzene rings is 4. The van der Waals surface area contributed by atoms with E-state index in [4.69, 9.17) is 27.9 Å². The van der Waals surface area contributed by atoms with Crippen LogP contribution in [0.4, 0.5) is 5.69 Å². The van der Waals surface area contributed by atoms with Gasteiger partial charge in [-0.1, -0.05) is 83.9 Å². The zero-order chi connectivity index (χ0) is 33.5. The minimum absolute atomic E-state index is 0.0135. The van der Waals surface area contributed by atoms with Crippen LogP contribution in [-0.2, 0) is 32.6 Å². The molecule has 242 valence electrons. The van der Waals surface area contributed by atoms with Crippen LogP contribution in [0.1, 0.15) is 31.9 Å². The number of anilines is 1. The quantitative estimate of drug-likeness (QED) is 0.178. The van der Waals surface area contributed by atoms with Crippen LogP contribution in [0.15, 0.2) is 108 Å². The van der Waals surface area contributed by atoms with E-state index in [1.165, 1.54) is 36.3 Å². The van der Waals surface area contributed by atoms with Crippen LogP contribution in [-0.4, -0.2) is 50.4 Å². The van der Waals surface area contributed by atoms with Crippen molar-refractivity contribution in [1.82, 2.24) is 10.2 Å². The van der Waals surface area contributed by atoms with Crippen molar-refractivity contribution in [1.29, 1.82) is 0 Å². The van der Waals surface area contributed by atoms with Gasteiger partial charge < -0.3 is 15.0 Å². The summed E-state index contributed by atoms with van der Waals surface area (Å²) in [4.78, 5) is 30.0. The van der Waals surface area contributed by atoms with Crippen LogP contribution in [0, 0.1) is 0 Å². The van der Waals surface area contributed by atoms with Gasteiger partial charge in [-0.2, -0.15) is 0 Å². The first-order valence-electron chi connectivity index (χ1n) is 14.6. The Labute approximate surface area is 280 Å². The third-order valence-electron chi connectivity index (χ3n) is 7.03. The summed E-state index contributed by atoms with van der Waals surface area (Å²) >= 11 is 12.7. The molecular weight excluding hydrogens is 645 g/mol. The van der Waals surface area contributed by atoms with E-state index in [0.29, 0.717) is 10.6 Å². The predicted octanol–water partition coefficient (Wildman–Crippen LogP) is 6.75. The summed E-state index contributed by atoms with van der Waals surface area (Å²) in [6.45, 7) is 4.90. The van der Waals surface area contributed by atoms with E-state index in [0.717, 1.165) is 9.87 Å². The topological polar surface area (TPSA) is 96.0 Å². The Morgan fingerprint density at radius 2 is 1.43 bits per heavy atom. The second-order valence-electron chi connectivity index (χ2n) is 11.7. The third kappa shape index (κ3) is 9.02. The number of hydrogen-bond donors (Lipinski definition) is 1. The van der Waals surface area contributed by atoms with Gasteiger partial charge in [0.1, 0.15) is 18.3 Å². The van der Waals surface area contributed by atoms with Crippen LogP contribution in [0.5, 0.6) is 5.75 Å². The maximum atomic E-state index is 14.6. The fourth-order valence-electron chi connectivity index (χ4n) is 4.93. The van der Waals surface area contributed by atoms with Crippen LogP contribution in [0.2, 0.25) is 10.0 Å². The summed E-state index contributed by atoms with van der Waals surface area (Å²) in [7, 11) is -2.92. The van der Waals surface area contributed by atoms with Gasteiger partial charge in [-0.25, -0.2) is 8.42 Å². The molecule has 0 spiro atoms. The fourth-order valence-corrected chi connectivity index (χ4v) is 6.75. The minimum atomic E-state index is -4.32. The number of amides is 2. The van der Waals surface area contributed by atoms with Gasteiger partial charge in [0.15, 0.2) is 0 Å². The van der Waals surface area contributed by atoms with E-state index in [2.05, 4.69) is 5.32 Å². The van der Waals surface area contributed by atoms with Crippen molar-refractivity contribution in [2.24, 2.45) is 0 Å². The summed E-state index contributed by atoms with van der Waals surface area (Å²) in [6.07, 6.45) is 0.182. The molecule has 0 fully saturated rings. The highest BCUT2D eigenvalue weighted by Gasteiger charge is 2.36. The van der Waals surface area contributed by atoms with Gasteiger partial charge in [0, 0.05) is 28.5 Å². The number of sulfonamides is 1. The van der Waals surface area contributed by atoms with Gasteiger partial charge in [0.05, 0.1) is 17.7 Å². The average molecular weight is 683 g/mol. The highest BCUT2D eigenvalue weighted by atomic mass is 35.5. The SMILES string of the molecule is COc1ccc(Cl)cc1N(CC(=O)N(Cc1cccc(Cl)c1)[C@H](Cc1ccccc1)C(=O)NC(C)(C)C)S(=O)(=O)c1ccccc1. The first-order chi connectivity index (χ1) is 21.8.